The van der Waals surface area contributed by atoms with Gasteiger partial charge in [-0.15, -0.1) is 0 Å². The standard InChI is InChI=1S/C11H8BrClN2/c1-2-11-14-6-10(15-11)8-4-3-7(12)5-9(8)13/h2-6H,1H2,(H,14,15). The lowest BCUT2D eigenvalue weighted by Gasteiger charge is -2.00. The molecule has 0 fully saturated rings. The summed E-state index contributed by atoms with van der Waals surface area (Å²) in [5.74, 6) is 0.740. The van der Waals surface area contributed by atoms with Crippen LogP contribution in [0, 0.1) is 13.3 Å². The summed E-state index contributed by atoms with van der Waals surface area (Å²) in [6.07, 6.45) is 3.47. The molecule has 1 N–H and O–H groups in total. The minimum Gasteiger partial charge on any atom is -0.348 e. The van der Waals surface area contributed by atoms with E-state index < -0.39 is 0 Å². The van der Waals surface area contributed by atoms with E-state index in [-0.39, 0.29) is 0 Å². The second-order valence-electron chi connectivity index (χ2n) is 3.00. The van der Waals surface area contributed by atoms with Crippen molar-refractivity contribution in [1.82, 2.24) is 9.97 Å². The maximum atomic E-state index is 6.11. The lowest BCUT2D eigenvalue weighted by Crippen LogP contribution is -1.82. The van der Waals surface area contributed by atoms with Crippen LogP contribution in [0.25, 0.3) is 11.3 Å². The second-order valence-corrected chi connectivity index (χ2v) is 4.32. The number of halogens is 2. The van der Waals surface area contributed by atoms with Crippen LogP contribution in [0.2, 0.25) is 5.02 Å². The summed E-state index contributed by atoms with van der Waals surface area (Å²) in [6, 6.07) is 5.71. The van der Waals surface area contributed by atoms with Crippen LogP contribution in [0.1, 0.15) is 5.82 Å². The first kappa shape index (κ1) is 10.7. The van der Waals surface area contributed by atoms with Gasteiger partial charge in [0, 0.05) is 22.7 Å². The Labute approximate surface area is 102 Å². The molecular formula is C11H8BrClN2. The van der Waals surface area contributed by atoms with Crippen molar-refractivity contribution < 1.29 is 0 Å². The molecule has 0 amide bonds. The van der Waals surface area contributed by atoms with Crippen molar-refractivity contribution >= 4 is 27.5 Å². The van der Waals surface area contributed by atoms with E-state index in [4.69, 9.17) is 11.6 Å². The highest BCUT2D eigenvalue weighted by molar-refractivity contribution is 9.10. The summed E-state index contributed by atoms with van der Waals surface area (Å²) in [4.78, 5) is 7.31. The molecule has 2 radical (unpaired) electrons. The third kappa shape index (κ3) is 2.24. The van der Waals surface area contributed by atoms with Crippen molar-refractivity contribution in [1.29, 1.82) is 0 Å². The van der Waals surface area contributed by atoms with Gasteiger partial charge in [-0.2, -0.15) is 0 Å². The van der Waals surface area contributed by atoms with Gasteiger partial charge < -0.3 is 4.98 Å². The Morgan fingerprint density at radius 2 is 2.27 bits per heavy atom. The zero-order valence-corrected chi connectivity index (χ0v) is 10.1. The zero-order valence-electron chi connectivity index (χ0n) is 7.80. The van der Waals surface area contributed by atoms with Crippen molar-refractivity contribution in [3.63, 3.8) is 0 Å². The topological polar surface area (TPSA) is 28.7 Å². The number of aromatic amines is 1. The largest absolute Gasteiger partial charge is 0.348 e. The first-order valence-corrected chi connectivity index (χ1v) is 5.51. The van der Waals surface area contributed by atoms with Gasteiger partial charge in [0.1, 0.15) is 5.82 Å². The van der Waals surface area contributed by atoms with E-state index in [1.807, 2.05) is 24.4 Å². The quantitative estimate of drug-likeness (QED) is 0.890. The van der Waals surface area contributed by atoms with Crippen LogP contribution in [0.4, 0.5) is 0 Å². The number of imidazole rings is 1. The number of H-pyrrole nitrogens is 1. The molecule has 0 unspecified atom stereocenters. The highest BCUT2D eigenvalue weighted by Gasteiger charge is 2.07. The lowest BCUT2D eigenvalue weighted by molar-refractivity contribution is 1.19. The molecule has 0 aliphatic heterocycles. The van der Waals surface area contributed by atoms with Gasteiger partial charge in [-0.3, -0.25) is 0 Å². The molecule has 1 aromatic heterocycles. The van der Waals surface area contributed by atoms with Crippen molar-refractivity contribution in [2.75, 3.05) is 0 Å². The highest BCUT2D eigenvalue weighted by atomic mass is 79.9. The predicted octanol–water partition coefficient (Wildman–Crippen LogP) is 3.88. The summed E-state index contributed by atoms with van der Waals surface area (Å²) in [6.45, 7) is 3.64. The maximum absolute atomic E-state index is 6.11. The molecule has 4 heteroatoms. The molecule has 1 aromatic carbocycles. The molecule has 1 heterocycles. The zero-order chi connectivity index (χ0) is 10.8. The van der Waals surface area contributed by atoms with E-state index >= 15 is 0 Å². The van der Waals surface area contributed by atoms with Crippen LogP contribution >= 0.6 is 27.5 Å². The molecule has 2 nitrogen and oxygen atoms in total. The average molecular weight is 284 g/mol. The Balaban J connectivity index is 2.44. The third-order valence-electron chi connectivity index (χ3n) is 2.00. The number of aromatic nitrogens is 2. The van der Waals surface area contributed by atoms with Crippen molar-refractivity contribution in [3.05, 3.63) is 53.1 Å². The first-order valence-electron chi connectivity index (χ1n) is 4.34. The monoisotopic (exact) mass is 282 g/mol. The van der Waals surface area contributed by atoms with Gasteiger partial charge in [0.25, 0.3) is 0 Å². The second kappa shape index (κ2) is 4.37. The van der Waals surface area contributed by atoms with Crippen LogP contribution in [0.3, 0.4) is 0 Å². The van der Waals surface area contributed by atoms with Crippen LogP contribution in [-0.4, -0.2) is 9.97 Å². The fraction of sp³-hybridized carbons (Fsp3) is 0. The maximum Gasteiger partial charge on any atom is 0.110 e. The Bertz CT molecular complexity index is 479. The number of hydrogen-bond acceptors (Lipinski definition) is 1. The summed E-state index contributed by atoms with van der Waals surface area (Å²) in [5.41, 5.74) is 1.73. The average Bonchev–Trinajstić information content (AvgIpc) is 2.66. The molecule has 2 aromatic rings. The van der Waals surface area contributed by atoms with Crippen LogP contribution < -0.4 is 0 Å². The predicted molar refractivity (Wildman–Crippen MR) is 65.5 cm³/mol. The van der Waals surface area contributed by atoms with Crippen LogP contribution in [-0.2, 0) is 0 Å². The Kier molecular flexibility index (Phi) is 3.12. The van der Waals surface area contributed by atoms with Gasteiger partial charge in [-0.25, -0.2) is 4.98 Å². The number of rotatable bonds is 2. The fourth-order valence-corrected chi connectivity index (χ4v) is 2.05. The van der Waals surface area contributed by atoms with E-state index in [2.05, 4.69) is 32.8 Å². The molecule has 0 spiro atoms. The SMILES string of the molecule is [CH2][CH]c1nc(-c2ccc(Br)cc2Cl)c[nH]1. The van der Waals surface area contributed by atoms with Crippen molar-refractivity contribution in [3.8, 4) is 11.3 Å². The van der Waals surface area contributed by atoms with Gasteiger partial charge in [-0.05, 0) is 19.1 Å². The van der Waals surface area contributed by atoms with Gasteiger partial charge in [-0.1, -0.05) is 33.6 Å². The van der Waals surface area contributed by atoms with Gasteiger partial charge in [0.05, 0.1) is 10.7 Å². The summed E-state index contributed by atoms with van der Waals surface area (Å²) in [7, 11) is 0. The molecule has 15 heavy (non-hydrogen) atoms. The molecule has 0 aliphatic rings. The van der Waals surface area contributed by atoms with Crippen LogP contribution in [0.15, 0.2) is 28.9 Å². The van der Waals surface area contributed by atoms with Gasteiger partial charge in [0.15, 0.2) is 0 Å². The Morgan fingerprint density at radius 1 is 1.47 bits per heavy atom. The fourth-order valence-electron chi connectivity index (χ4n) is 1.28. The molecule has 76 valence electrons. The molecule has 2 rings (SSSR count). The summed E-state index contributed by atoms with van der Waals surface area (Å²) < 4.78 is 0.954. The van der Waals surface area contributed by atoms with E-state index in [0.717, 1.165) is 21.6 Å². The lowest BCUT2D eigenvalue weighted by atomic mass is 10.2. The molecule has 0 saturated heterocycles. The number of nitrogens with zero attached hydrogens (tertiary/aromatic N) is 1. The number of nitrogens with one attached hydrogen (secondary N) is 1. The third-order valence-corrected chi connectivity index (χ3v) is 2.80. The van der Waals surface area contributed by atoms with E-state index in [1.165, 1.54) is 0 Å². The van der Waals surface area contributed by atoms with Gasteiger partial charge >= 0.3 is 0 Å². The Morgan fingerprint density at radius 3 is 2.87 bits per heavy atom. The summed E-state index contributed by atoms with van der Waals surface area (Å²) in [5, 5.41) is 0.673. The highest BCUT2D eigenvalue weighted by Crippen LogP contribution is 2.29. The summed E-state index contributed by atoms with van der Waals surface area (Å²) >= 11 is 9.47. The Hall–Kier alpha value is -0.800. The molecular weight excluding hydrogens is 275 g/mol. The minimum atomic E-state index is 0.673. The number of hydrogen-bond donors (Lipinski definition) is 1. The molecule has 0 atom stereocenters. The van der Waals surface area contributed by atoms with Crippen molar-refractivity contribution in [2.45, 2.75) is 0 Å². The normalized spacial score (nSPS) is 10.6. The molecule has 0 saturated carbocycles. The number of benzene rings is 1. The van der Waals surface area contributed by atoms with Gasteiger partial charge in [0.2, 0.25) is 0 Å². The van der Waals surface area contributed by atoms with E-state index in [1.54, 1.807) is 6.42 Å². The molecule has 0 bridgehead atoms. The molecule has 0 aliphatic carbocycles. The minimum absolute atomic E-state index is 0.673. The van der Waals surface area contributed by atoms with E-state index in [0.29, 0.717) is 5.02 Å². The van der Waals surface area contributed by atoms with E-state index in [9.17, 15) is 0 Å². The van der Waals surface area contributed by atoms with Crippen LogP contribution in [0.5, 0.6) is 0 Å². The van der Waals surface area contributed by atoms with Crippen molar-refractivity contribution in [2.24, 2.45) is 0 Å². The first-order chi connectivity index (χ1) is 7.20. The smallest absolute Gasteiger partial charge is 0.110 e.